The Hall–Kier alpha value is -5.03. The van der Waals surface area contributed by atoms with Crippen molar-refractivity contribution in [3.63, 3.8) is 0 Å². The smallest absolute Gasteiger partial charge is 0.292 e. The van der Waals surface area contributed by atoms with Crippen molar-refractivity contribution in [1.29, 1.82) is 0 Å². The molecule has 1 amide bonds. The number of carbonyl (C=O) groups is 1. The number of hydrazone groups is 1. The van der Waals surface area contributed by atoms with Gasteiger partial charge in [0.15, 0.2) is 5.69 Å². The molecule has 0 radical (unpaired) electrons. The first-order valence-corrected chi connectivity index (χ1v) is 11.4. The summed E-state index contributed by atoms with van der Waals surface area (Å²) in [5.74, 6) is 0.0830. The number of benzene rings is 3. The van der Waals surface area contributed by atoms with Crippen LogP contribution in [0.4, 0.5) is 5.82 Å². The van der Waals surface area contributed by atoms with Gasteiger partial charge in [-0.3, -0.25) is 4.79 Å². The molecule has 12 heteroatoms. The van der Waals surface area contributed by atoms with Gasteiger partial charge in [0, 0.05) is 16.1 Å². The fourth-order valence-electron chi connectivity index (χ4n) is 3.41. The van der Waals surface area contributed by atoms with Crippen LogP contribution in [0.1, 0.15) is 21.6 Å². The molecule has 5 rings (SSSR count). The van der Waals surface area contributed by atoms with E-state index in [0.717, 1.165) is 15.8 Å². The average Bonchev–Trinajstić information content (AvgIpc) is 3.55. The fourth-order valence-corrected chi connectivity index (χ4v) is 3.60. The number of nitrogens with zero attached hydrogens (tertiary/aromatic N) is 6. The SMILES string of the molecule is Nc1nonc1-n1nnc(-c2ccccc2)c1C(=O)NN=Cc1ccc(OCc2ccccc2Cl)cc1. The molecule has 0 spiro atoms. The van der Waals surface area contributed by atoms with Crippen LogP contribution in [-0.4, -0.2) is 37.4 Å². The Morgan fingerprint density at radius 2 is 1.81 bits per heavy atom. The van der Waals surface area contributed by atoms with Crippen LogP contribution in [0.2, 0.25) is 5.02 Å². The fraction of sp³-hybridized carbons (Fsp3) is 0.0400. The van der Waals surface area contributed by atoms with Crippen LogP contribution in [0.25, 0.3) is 17.1 Å². The maximum Gasteiger partial charge on any atom is 0.292 e. The van der Waals surface area contributed by atoms with Gasteiger partial charge in [-0.2, -0.15) is 9.78 Å². The number of rotatable bonds is 8. The standard InChI is InChI=1S/C25H19ClN8O3/c26-20-9-5-4-8-18(20)15-36-19-12-10-16(11-13-19)14-28-30-25(35)22-21(17-6-2-1-3-7-17)29-33-34(22)24-23(27)31-37-32-24/h1-14H,15H2,(H2,27,31)(H,30,35). The molecular formula is C25H19ClN8O3. The zero-order chi connectivity index (χ0) is 25.6. The molecule has 0 aliphatic heterocycles. The quantitative estimate of drug-likeness (QED) is 0.234. The molecule has 184 valence electrons. The minimum absolute atomic E-state index is 0.0381. The number of nitrogen functional groups attached to an aromatic ring is 1. The lowest BCUT2D eigenvalue weighted by Gasteiger charge is -2.08. The van der Waals surface area contributed by atoms with Gasteiger partial charge in [-0.05, 0) is 46.2 Å². The third-order valence-corrected chi connectivity index (χ3v) is 5.61. The third kappa shape index (κ3) is 5.31. The summed E-state index contributed by atoms with van der Waals surface area (Å²) >= 11 is 6.17. The summed E-state index contributed by atoms with van der Waals surface area (Å²) in [4.78, 5) is 13.1. The lowest BCUT2D eigenvalue weighted by molar-refractivity contribution is 0.0948. The number of carbonyl (C=O) groups excluding carboxylic acids is 1. The van der Waals surface area contributed by atoms with E-state index in [1.54, 1.807) is 36.4 Å². The molecule has 5 aromatic rings. The molecule has 0 fully saturated rings. The Balaban J connectivity index is 1.30. The number of hydrogen-bond acceptors (Lipinski definition) is 9. The molecule has 2 heterocycles. The molecule has 0 saturated carbocycles. The van der Waals surface area contributed by atoms with Crippen LogP contribution in [0.5, 0.6) is 5.75 Å². The van der Waals surface area contributed by atoms with Crippen molar-refractivity contribution in [3.05, 3.63) is 101 Å². The monoisotopic (exact) mass is 514 g/mol. The Morgan fingerprint density at radius 3 is 2.54 bits per heavy atom. The van der Waals surface area contributed by atoms with Crippen molar-refractivity contribution in [1.82, 2.24) is 30.7 Å². The van der Waals surface area contributed by atoms with Crippen LogP contribution in [-0.2, 0) is 6.61 Å². The van der Waals surface area contributed by atoms with E-state index < -0.39 is 5.91 Å². The number of anilines is 1. The van der Waals surface area contributed by atoms with Gasteiger partial charge >= 0.3 is 0 Å². The van der Waals surface area contributed by atoms with Gasteiger partial charge in [-0.25, -0.2) is 10.1 Å². The predicted molar refractivity (Wildman–Crippen MR) is 136 cm³/mol. The highest BCUT2D eigenvalue weighted by molar-refractivity contribution is 6.31. The lowest BCUT2D eigenvalue weighted by Crippen LogP contribution is -2.22. The van der Waals surface area contributed by atoms with Crippen molar-refractivity contribution in [2.45, 2.75) is 6.61 Å². The van der Waals surface area contributed by atoms with Gasteiger partial charge in [0.2, 0.25) is 11.6 Å². The summed E-state index contributed by atoms with van der Waals surface area (Å²) in [6.45, 7) is 0.347. The van der Waals surface area contributed by atoms with Crippen molar-refractivity contribution in [2.75, 3.05) is 5.73 Å². The van der Waals surface area contributed by atoms with Crippen LogP contribution < -0.4 is 15.9 Å². The van der Waals surface area contributed by atoms with Gasteiger partial charge in [0.1, 0.15) is 18.1 Å². The summed E-state index contributed by atoms with van der Waals surface area (Å²) in [5.41, 5.74) is 11.0. The molecular weight excluding hydrogens is 496 g/mol. The van der Waals surface area contributed by atoms with Gasteiger partial charge in [-0.1, -0.05) is 65.3 Å². The first-order valence-electron chi connectivity index (χ1n) is 11.0. The number of amides is 1. The zero-order valence-electron chi connectivity index (χ0n) is 19.2. The number of halogens is 1. The Morgan fingerprint density at radius 1 is 1.05 bits per heavy atom. The first-order chi connectivity index (χ1) is 18.1. The molecule has 37 heavy (non-hydrogen) atoms. The average molecular weight is 515 g/mol. The first kappa shape index (κ1) is 23.7. The van der Waals surface area contributed by atoms with Gasteiger partial charge < -0.3 is 10.5 Å². The van der Waals surface area contributed by atoms with Crippen molar-refractivity contribution < 1.29 is 14.2 Å². The maximum absolute atomic E-state index is 13.1. The van der Waals surface area contributed by atoms with Crippen molar-refractivity contribution in [3.8, 4) is 22.8 Å². The summed E-state index contributed by atoms with van der Waals surface area (Å²) in [7, 11) is 0. The Bertz CT molecular complexity index is 1550. The van der Waals surface area contributed by atoms with E-state index in [9.17, 15) is 4.79 Å². The second kappa shape index (κ2) is 10.7. The highest BCUT2D eigenvalue weighted by Gasteiger charge is 2.25. The number of hydrogen-bond donors (Lipinski definition) is 2. The molecule has 0 aliphatic carbocycles. The zero-order valence-corrected chi connectivity index (χ0v) is 19.9. The molecule has 0 unspecified atom stereocenters. The number of nitrogens with two attached hydrogens (primary N) is 1. The summed E-state index contributed by atoms with van der Waals surface area (Å²) < 4.78 is 11.6. The van der Waals surface area contributed by atoms with Crippen molar-refractivity contribution >= 4 is 29.5 Å². The molecule has 2 aromatic heterocycles. The molecule has 0 saturated heterocycles. The molecule has 0 atom stereocenters. The number of nitrogens with one attached hydrogen (secondary N) is 1. The van der Waals surface area contributed by atoms with E-state index in [1.165, 1.54) is 6.21 Å². The maximum atomic E-state index is 13.1. The Labute approximate surface area is 215 Å². The van der Waals surface area contributed by atoms with Crippen LogP contribution >= 0.6 is 11.6 Å². The van der Waals surface area contributed by atoms with E-state index in [2.05, 4.69) is 35.8 Å². The summed E-state index contributed by atoms with van der Waals surface area (Å²) in [5, 5.41) is 20.2. The van der Waals surface area contributed by atoms with E-state index >= 15 is 0 Å². The molecule has 11 nitrogen and oxygen atoms in total. The molecule has 3 aromatic carbocycles. The van der Waals surface area contributed by atoms with E-state index in [0.29, 0.717) is 28.6 Å². The minimum atomic E-state index is -0.581. The number of ether oxygens (including phenoxy) is 1. The van der Waals surface area contributed by atoms with Gasteiger partial charge in [0.05, 0.1) is 6.21 Å². The third-order valence-electron chi connectivity index (χ3n) is 5.24. The van der Waals surface area contributed by atoms with Gasteiger partial charge in [-0.15, -0.1) is 5.10 Å². The van der Waals surface area contributed by atoms with Crippen LogP contribution in [0, 0.1) is 0 Å². The topological polar surface area (TPSA) is 146 Å². The summed E-state index contributed by atoms with van der Waals surface area (Å²) in [6, 6.07) is 23.8. The normalized spacial score (nSPS) is 11.1. The van der Waals surface area contributed by atoms with E-state index in [1.807, 2.05) is 42.5 Å². The summed E-state index contributed by atoms with van der Waals surface area (Å²) in [6.07, 6.45) is 1.50. The molecule has 3 N–H and O–H groups in total. The number of aromatic nitrogens is 5. The largest absolute Gasteiger partial charge is 0.489 e. The van der Waals surface area contributed by atoms with Crippen LogP contribution in [0.15, 0.2) is 88.6 Å². The van der Waals surface area contributed by atoms with Crippen molar-refractivity contribution in [2.24, 2.45) is 5.10 Å². The second-order valence-corrected chi connectivity index (χ2v) is 8.09. The van der Waals surface area contributed by atoms with E-state index in [4.69, 9.17) is 22.1 Å². The van der Waals surface area contributed by atoms with Gasteiger partial charge in [0.25, 0.3) is 5.91 Å². The second-order valence-electron chi connectivity index (χ2n) is 7.69. The molecule has 0 bridgehead atoms. The Kier molecular flexibility index (Phi) is 6.86. The highest BCUT2D eigenvalue weighted by atomic mass is 35.5. The van der Waals surface area contributed by atoms with Crippen LogP contribution in [0.3, 0.4) is 0 Å². The van der Waals surface area contributed by atoms with E-state index in [-0.39, 0.29) is 17.3 Å². The predicted octanol–water partition coefficient (Wildman–Crippen LogP) is 3.90. The highest BCUT2D eigenvalue weighted by Crippen LogP contribution is 2.24. The lowest BCUT2D eigenvalue weighted by atomic mass is 10.1. The minimum Gasteiger partial charge on any atom is -0.489 e. The molecule has 0 aliphatic rings.